The zero-order chi connectivity index (χ0) is 15.5. The maximum absolute atomic E-state index is 11.7. The zero-order valence-corrected chi connectivity index (χ0v) is 13.2. The topological polar surface area (TPSA) is 52.9 Å². The molecule has 0 spiro atoms. The standard InChI is InChI=1S/C16H23N5O/c1-13(16(22)17-2)20-9-7-19(8-10-20)11-14-12-21-6-4-3-5-15(21)18-14/h3-6,12-13H,7-11H2,1-2H3,(H,17,22). The number of fused-ring (bicyclic) bond motifs is 1. The molecule has 0 aromatic carbocycles. The fraction of sp³-hybridized carbons (Fsp3) is 0.500. The van der Waals surface area contributed by atoms with E-state index in [4.69, 9.17) is 0 Å². The third-order valence-electron chi connectivity index (χ3n) is 4.38. The molecule has 1 unspecified atom stereocenters. The largest absolute Gasteiger partial charge is 0.358 e. The van der Waals surface area contributed by atoms with Crippen LogP contribution in [-0.2, 0) is 11.3 Å². The summed E-state index contributed by atoms with van der Waals surface area (Å²) in [5.41, 5.74) is 2.09. The molecule has 0 bridgehead atoms. The molecule has 0 aliphatic carbocycles. The van der Waals surface area contributed by atoms with E-state index in [-0.39, 0.29) is 11.9 Å². The molecular formula is C16H23N5O. The summed E-state index contributed by atoms with van der Waals surface area (Å²) >= 11 is 0. The molecule has 1 aliphatic rings. The Balaban J connectivity index is 1.56. The Morgan fingerprint density at radius 3 is 2.77 bits per heavy atom. The van der Waals surface area contributed by atoms with Gasteiger partial charge in [0.25, 0.3) is 0 Å². The van der Waals surface area contributed by atoms with Crippen molar-refractivity contribution in [2.45, 2.75) is 19.5 Å². The summed E-state index contributed by atoms with van der Waals surface area (Å²) in [5, 5.41) is 2.72. The second-order valence-electron chi connectivity index (χ2n) is 5.80. The van der Waals surface area contributed by atoms with E-state index in [0.717, 1.165) is 44.1 Å². The quantitative estimate of drug-likeness (QED) is 0.898. The van der Waals surface area contributed by atoms with Crippen molar-refractivity contribution in [3.8, 4) is 0 Å². The number of amides is 1. The van der Waals surface area contributed by atoms with Gasteiger partial charge in [0.1, 0.15) is 5.65 Å². The number of imidazole rings is 1. The highest BCUT2D eigenvalue weighted by Gasteiger charge is 2.25. The first-order chi connectivity index (χ1) is 10.7. The number of carbonyl (C=O) groups excluding carboxylic acids is 1. The van der Waals surface area contributed by atoms with Gasteiger partial charge >= 0.3 is 0 Å². The number of carbonyl (C=O) groups is 1. The van der Waals surface area contributed by atoms with Crippen molar-refractivity contribution in [1.29, 1.82) is 0 Å². The van der Waals surface area contributed by atoms with E-state index >= 15 is 0 Å². The van der Waals surface area contributed by atoms with Gasteiger partial charge in [-0.15, -0.1) is 0 Å². The van der Waals surface area contributed by atoms with Gasteiger partial charge in [-0.25, -0.2) is 4.98 Å². The van der Waals surface area contributed by atoms with Gasteiger partial charge in [-0.05, 0) is 19.1 Å². The molecule has 2 aromatic heterocycles. The highest BCUT2D eigenvalue weighted by molar-refractivity contribution is 5.80. The van der Waals surface area contributed by atoms with Crippen LogP contribution in [0, 0.1) is 0 Å². The van der Waals surface area contributed by atoms with Crippen molar-refractivity contribution in [2.75, 3.05) is 33.2 Å². The van der Waals surface area contributed by atoms with Crippen LogP contribution >= 0.6 is 0 Å². The lowest BCUT2D eigenvalue weighted by Crippen LogP contribution is -2.53. The highest BCUT2D eigenvalue weighted by atomic mass is 16.2. The Morgan fingerprint density at radius 1 is 1.32 bits per heavy atom. The fourth-order valence-corrected chi connectivity index (χ4v) is 2.98. The lowest BCUT2D eigenvalue weighted by Gasteiger charge is -2.37. The number of rotatable bonds is 4. The smallest absolute Gasteiger partial charge is 0.236 e. The third kappa shape index (κ3) is 3.13. The zero-order valence-electron chi connectivity index (χ0n) is 13.2. The van der Waals surface area contributed by atoms with Crippen LogP contribution in [0.5, 0.6) is 0 Å². The molecule has 22 heavy (non-hydrogen) atoms. The molecule has 1 atom stereocenters. The molecule has 3 heterocycles. The summed E-state index contributed by atoms with van der Waals surface area (Å²) in [6.45, 7) is 6.61. The van der Waals surface area contributed by atoms with Gasteiger partial charge in [0.15, 0.2) is 0 Å². The molecule has 1 fully saturated rings. The van der Waals surface area contributed by atoms with E-state index in [1.54, 1.807) is 7.05 Å². The molecule has 2 aromatic rings. The molecule has 118 valence electrons. The van der Waals surface area contributed by atoms with E-state index in [1.165, 1.54) is 0 Å². The number of hydrogen-bond acceptors (Lipinski definition) is 4. The van der Waals surface area contributed by atoms with Gasteiger partial charge < -0.3 is 9.72 Å². The molecule has 1 aliphatic heterocycles. The normalized spacial score (nSPS) is 18.5. The summed E-state index contributed by atoms with van der Waals surface area (Å²) < 4.78 is 2.05. The van der Waals surface area contributed by atoms with Gasteiger partial charge in [0, 0.05) is 52.2 Å². The first-order valence-electron chi connectivity index (χ1n) is 7.78. The predicted molar refractivity (Wildman–Crippen MR) is 85.6 cm³/mol. The van der Waals surface area contributed by atoms with Gasteiger partial charge in [-0.3, -0.25) is 14.6 Å². The lowest BCUT2D eigenvalue weighted by atomic mass is 10.2. The molecule has 0 saturated carbocycles. The highest BCUT2D eigenvalue weighted by Crippen LogP contribution is 2.11. The molecule has 6 heteroatoms. The first kappa shape index (κ1) is 15.0. The van der Waals surface area contributed by atoms with Crippen LogP contribution in [0.2, 0.25) is 0 Å². The number of pyridine rings is 1. The van der Waals surface area contributed by atoms with Crippen LogP contribution in [0.1, 0.15) is 12.6 Å². The fourth-order valence-electron chi connectivity index (χ4n) is 2.98. The molecular weight excluding hydrogens is 278 g/mol. The summed E-state index contributed by atoms with van der Waals surface area (Å²) in [7, 11) is 1.69. The second-order valence-corrected chi connectivity index (χ2v) is 5.80. The lowest BCUT2D eigenvalue weighted by molar-refractivity contribution is -0.126. The van der Waals surface area contributed by atoms with Crippen molar-refractivity contribution < 1.29 is 4.79 Å². The summed E-state index contributed by atoms with van der Waals surface area (Å²) in [6.07, 6.45) is 4.11. The Kier molecular flexibility index (Phi) is 4.40. The summed E-state index contributed by atoms with van der Waals surface area (Å²) in [5.74, 6) is 0.0915. The Labute approximate surface area is 130 Å². The Morgan fingerprint density at radius 2 is 2.09 bits per heavy atom. The van der Waals surface area contributed by atoms with E-state index in [2.05, 4.69) is 30.7 Å². The molecule has 1 saturated heterocycles. The van der Waals surface area contributed by atoms with Gasteiger partial charge in [0.2, 0.25) is 5.91 Å². The van der Waals surface area contributed by atoms with Crippen molar-refractivity contribution in [2.24, 2.45) is 0 Å². The van der Waals surface area contributed by atoms with E-state index in [0.29, 0.717) is 0 Å². The van der Waals surface area contributed by atoms with E-state index < -0.39 is 0 Å². The number of aromatic nitrogens is 2. The minimum Gasteiger partial charge on any atom is -0.358 e. The minimum absolute atomic E-state index is 0.0534. The minimum atomic E-state index is -0.0534. The Bertz CT molecular complexity index is 612. The van der Waals surface area contributed by atoms with Gasteiger partial charge in [-0.2, -0.15) is 0 Å². The third-order valence-corrected chi connectivity index (χ3v) is 4.38. The number of nitrogens with zero attached hydrogens (tertiary/aromatic N) is 4. The average molecular weight is 301 g/mol. The SMILES string of the molecule is CNC(=O)C(C)N1CCN(Cc2cn3ccccc3n2)CC1. The van der Waals surface area contributed by atoms with Gasteiger partial charge in [-0.1, -0.05) is 6.07 Å². The van der Waals surface area contributed by atoms with Crippen molar-refractivity contribution in [3.63, 3.8) is 0 Å². The number of likely N-dealkylation sites (N-methyl/N-ethyl adjacent to an activating group) is 1. The van der Waals surface area contributed by atoms with Crippen molar-refractivity contribution in [1.82, 2.24) is 24.5 Å². The van der Waals surface area contributed by atoms with E-state index in [1.807, 2.05) is 31.3 Å². The van der Waals surface area contributed by atoms with Crippen LogP contribution in [0.4, 0.5) is 0 Å². The first-order valence-corrected chi connectivity index (χ1v) is 7.78. The van der Waals surface area contributed by atoms with Crippen LogP contribution in [0.3, 0.4) is 0 Å². The second kappa shape index (κ2) is 6.46. The summed E-state index contributed by atoms with van der Waals surface area (Å²) in [6, 6.07) is 5.98. The Hall–Kier alpha value is -1.92. The summed E-state index contributed by atoms with van der Waals surface area (Å²) in [4.78, 5) is 21.0. The predicted octanol–water partition coefficient (Wildman–Crippen LogP) is 0.586. The number of nitrogens with one attached hydrogen (secondary N) is 1. The van der Waals surface area contributed by atoms with Gasteiger partial charge in [0.05, 0.1) is 11.7 Å². The maximum Gasteiger partial charge on any atom is 0.236 e. The van der Waals surface area contributed by atoms with Crippen LogP contribution < -0.4 is 5.32 Å². The van der Waals surface area contributed by atoms with Crippen molar-refractivity contribution >= 4 is 11.6 Å². The van der Waals surface area contributed by atoms with Crippen LogP contribution in [0.15, 0.2) is 30.6 Å². The molecule has 1 amide bonds. The van der Waals surface area contributed by atoms with E-state index in [9.17, 15) is 4.79 Å². The molecule has 1 N–H and O–H groups in total. The van der Waals surface area contributed by atoms with Crippen LogP contribution in [-0.4, -0.2) is 64.4 Å². The van der Waals surface area contributed by atoms with Crippen molar-refractivity contribution in [3.05, 3.63) is 36.3 Å². The number of piperazine rings is 1. The van der Waals surface area contributed by atoms with Crippen LogP contribution in [0.25, 0.3) is 5.65 Å². The monoisotopic (exact) mass is 301 g/mol. The molecule has 3 rings (SSSR count). The molecule has 0 radical (unpaired) electrons. The average Bonchev–Trinajstić information content (AvgIpc) is 2.96. The maximum atomic E-state index is 11.7. The number of hydrogen-bond donors (Lipinski definition) is 1. The molecule has 6 nitrogen and oxygen atoms in total.